The summed E-state index contributed by atoms with van der Waals surface area (Å²) in [4.78, 5) is 24.0. The number of hydrogen-bond donors (Lipinski definition) is 1. The highest BCUT2D eigenvalue weighted by Gasteiger charge is 2.10. The molecule has 0 atom stereocenters. The average molecular weight is 406 g/mol. The third-order valence-corrected chi connectivity index (χ3v) is 4.28. The zero-order valence-corrected chi connectivity index (χ0v) is 17.5. The summed E-state index contributed by atoms with van der Waals surface area (Å²) in [7, 11) is 0. The number of benzene rings is 2. The Labute approximate surface area is 177 Å². The Kier molecular flexibility index (Phi) is 8.64. The molecule has 0 fully saturated rings. The van der Waals surface area contributed by atoms with Crippen LogP contribution in [0.3, 0.4) is 0 Å². The fourth-order valence-electron chi connectivity index (χ4n) is 2.68. The van der Waals surface area contributed by atoms with Crippen molar-refractivity contribution >= 4 is 18.0 Å². The van der Waals surface area contributed by atoms with Gasteiger partial charge in [0, 0.05) is 6.54 Å². The quantitative estimate of drug-likeness (QED) is 0.223. The molecule has 0 radical (unpaired) electrons. The molecule has 0 heterocycles. The molecule has 1 N–H and O–H groups in total. The first-order valence-electron chi connectivity index (χ1n) is 9.83. The van der Waals surface area contributed by atoms with Crippen LogP contribution in [0.15, 0.2) is 48.0 Å². The van der Waals surface area contributed by atoms with E-state index >= 15 is 0 Å². The van der Waals surface area contributed by atoms with Crippen LogP contribution >= 0.6 is 0 Å². The molecule has 2 aromatic rings. The largest absolute Gasteiger partial charge is 0.482 e. The third-order valence-electron chi connectivity index (χ3n) is 4.28. The van der Waals surface area contributed by atoms with Crippen molar-refractivity contribution < 1.29 is 19.1 Å². The fraction of sp³-hybridized carbons (Fsp3) is 0.292. The Morgan fingerprint density at radius 3 is 2.50 bits per heavy atom. The normalized spacial score (nSPS) is 10.8. The summed E-state index contributed by atoms with van der Waals surface area (Å²) < 4.78 is 10.8. The maximum Gasteiger partial charge on any atom is 0.349 e. The van der Waals surface area contributed by atoms with Crippen LogP contribution in [0, 0.1) is 25.2 Å². The van der Waals surface area contributed by atoms with Gasteiger partial charge in [-0.25, -0.2) is 4.79 Å². The molecular formula is C24H26N2O4. The van der Waals surface area contributed by atoms with Crippen LogP contribution in [0.1, 0.15) is 36.5 Å². The first-order chi connectivity index (χ1) is 14.4. The smallest absolute Gasteiger partial charge is 0.349 e. The lowest BCUT2D eigenvalue weighted by molar-refractivity contribution is -0.136. The Bertz CT molecular complexity index is 956. The van der Waals surface area contributed by atoms with Crippen molar-refractivity contribution in [2.24, 2.45) is 0 Å². The van der Waals surface area contributed by atoms with E-state index in [1.165, 1.54) is 6.08 Å². The van der Waals surface area contributed by atoms with Gasteiger partial charge in [0.15, 0.2) is 6.61 Å². The molecular weight excluding hydrogens is 380 g/mol. The third kappa shape index (κ3) is 7.10. The van der Waals surface area contributed by atoms with E-state index in [1.54, 1.807) is 24.3 Å². The number of hydrogen-bond acceptors (Lipinski definition) is 5. The molecule has 156 valence electrons. The predicted molar refractivity (Wildman–Crippen MR) is 115 cm³/mol. The molecule has 30 heavy (non-hydrogen) atoms. The van der Waals surface area contributed by atoms with Crippen LogP contribution < -0.4 is 14.8 Å². The molecule has 2 rings (SSSR count). The number of unbranched alkanes of at least 4 members (excludes halogenated alkanes) is 1. The van der Waals surface area contributed by atoms with E-state index in [-0.39, 0.29) is 12.2 Å². The van der Waals surface area contributed by atoms with E-state index in [1.807, 2.05) is 45.0 Å². The molecule has 2 aromatic carbocycles. The maximum absolute atomic E-state index is 12.0. The van der Waals surface area contributed by atoms with Crippen molar-refractivity contribution in [2.75, 3.05) is 13.2 Å². The highest BCUT2D eigenvalue weighted by Crippen LogP contribution is 2.19. The Morgan fingerprint density at radius 1 is 1.13 bits per heavy atom. The van der Waals surface area contributed by atoms with Gasteiger partial charge >= 0.3 is 5.97 Å². The average Bonchev–Trinajstić information content (AvgIpc) is 2.72. The number of aryl methyl sites for hydroxylation is 2. The van der Waals surface area contributed by atoms with Gasteiger partial charge in [0.25, 0.3) is 5.91 Å². The van der Waals surface area contributed by atoms with Gasteiger partial charge in [-0.05, 0) is 55.7 Å². The minimum Gasteiger partial charge on any atom is -0.482 e. The van der Waals surface area contributed by atoms with Gasteiger partial charge in [0.1, 0.15) is 23.1 Å². The van der Waals surface area contributed by atoms with Crippen LogP contribution in [-0.4, -0.2) is 25.0 Å². The van der Waals surface area contributed by atoms with Crippen molar-refractivity contribution in [3.8, 4) is 17.6 Å². The number of esters is 1. The Morgan fingerprint density at radius 2 is 1.87 bits per heavy atom. The molecule has 1 amide bonds. The molecule has 0 saturated heterocycles. The van der Waals surface area contributed by atoms with Crippen molar-refractivity contribution in [3.05, 3.63) is 64.7 Å². The number of amides is 1. The second-order valence-corrected chi connectivity index (χ2v) is 6.88. The van der Waals surface area contributed by atoms with Gasteiger partial charge < -0.3 is 14.8 Å². The highest BCUT2D eigenvalue weighted by atomic mass is 16.6. The zero-order chi connectivity index (χ0) is 21.9. The summed E-state index contributed by atoms with van der Waals surface area (Å²) in [6.45, 7) is 6.26. The van der Waals surface area contributed by atoms with E-state index in [0.29, 0.717) is 23.6 Å². The molecule has 0 bridgehead atoms. The van der Waals surface area contributed by atoms with E-state index in [9.17, 15) is 14.9 Å². The highest BCUT2D eigenvalue weighted by molar-refractivity contribution is 6.01. The van der Waals surface area contributed by atoms with Crippen molar-refractivity contribution in [1.82, 2.24) is 5.32 Å². The van der Waals surface area contributed by atoms with Crippen LogP contribution in [-0.2, 0) is 9.59 Å². The fourth-order valence-corrected chi connectivity index (χ4v) is 2.68. The van der Waals surface area contributed by atoms with Crippen molar-refractivity contribution in [3.63, 3.8) is 0 Å². The SMILES string of the molecule is CCCCNC(=O)/C(C#N)=C/c1ccc(OC(=O)COc2ccc(C)cc2C)cc1. The van der Waals surface area contributed by atoms with Crippen LogP contribution in [0.4, 0.5) is 0 Å². The van der Waals surface area contributed by atoms with Gasteiger partial charge in [-0.1, -0.05) is 43.2 Å². The van der Waals surface area contributed by atoms with Crippen LogP contribution in [0.25, 0.3) is 6.08 Å². The number of nitrogens with zero attached hydrogens (tertiary/aromatic N) is 1. The van der Waals surface area contributed by atoms with Gasteiger partial charge in [-0.15, -0.1) is 0 Å². The standard InChI is InChI=1S/C24H26N2O4/c1-4-5-12-26-24(28)20(15-25)14-19-7-9-21(10-8-19)30-23(27)16-29-22-11-6-17(2)13-18(22)3/h6-11,13-14H,4-5,12,16H2,1-3H3,(H,26,28)/b20-14+. The Hall–Kier alpha value is -3.59. The van der Waals surface area contributed by atoms with E-state index in [0.717, 1.165) is 24.0 Å². The number of rotatable bonds is 9. The first-order valence-corrected chi connectivity index (χ1v) is 9.83. The van der Waals surface area contributed by atoms with Gasteiger partial charge in [0.05, 0.1) is 0 Å². The number of carbonyl (C=O) groups is 2. The summed E-state index contributed by atoms with van der Waals surface area (Å²) in [5, 5.41) is 11.9. The number of ether oxygens (including phenoxy) is 2. The molecule has 0 aliphatic rings. The molecule has 0 aliphatic carbocycles. The topological polar surface area (TPSA) is 88.4 Å². The zero-order valence-electron chi connectivity index (χ0n) is 17.5. The van der Waals surface area contributed by atoms with E-state index < -0.39 is 11.9 Å². The van der Waals surface area contributed by atoms with Gasteiger partial charge in [-0.2, -0.15) is 5.26 Å². The lowest BCUT2D eigenvalue weighted by atomic mass is 10.1. The molecule has 6 heteroatoms. The molecule has 0 spiro atoms. The van der Waals surface area contributed by atoms with Crippen molar-refractivity contribution in [2.45, 2.75) is 33.6 Å². The summed E-state index contributed by atoms with van der Waals surface area (Å²) in [6.07, 6.45) is 3.32. The number of nitriles is 1. The predicted octanol–water partition coefficient (Wildman–Crippen LogP) is 4.11. The summed E-state index contributed by atoms with van der Waals surface area (Å²) in [5.74, 6) is 0.0721. The second-order valence-electron chi connectivity index (χ2n) is 6.88. The van der Waals surface area contributed by atoms with Gasteiger partial charge in [-0.3, -0.25) is 4.79 Å². The molecule has 0 unspecified atom stereocenters. The maximum atomic E-state index is 12.0. The molecule has 0 aliphatic heterocycles. The minimum absolute atomic E-state index is 0.0257. The minimum atomic E-state index is -0.522. The summed E-state index contributed by atoms with van der Waals surface area (Å²) >= 11 is 0. The number of carbonyl (C=O) groups excluding carboxylic acids is 2. The lowest BCUT2D eigenvalue weighted by Gasteiger charge is -2.09. The molecule has 0 saturated carbocycles. The second kappa shape index (κ2) is 11.4. The Balaban J connectivity index is 1.92. The first kappa shape index (κ1) is 22.7. The van der Waals surface area contributed by atoms with E-state index in [4.69, 9.17) is 9.47 Å². The summed E-state index contributed by atoms with van der Waals surface area (Å²) in [5.41, 5.74) is 2.75. The summed E-state index contributed by atoms with van der Waals surface area (Å²) in [6, 6.07) is 14.2. The van der Waals surface area contributed by atoms with Gasteiger partial charge in [0.2, 0.25) is 0 Å². The molecule has 0 aromatic heterocycles. The molecule has 6 nitrogen and oxygen atoms in total. The van der Waals surface area contributed by atoms with E-state index in [2.05, 4.69) is 5.32 Å². The number of nitrogens with one attached hydrogen (secondary N) is 1. The monoisotopic (exact) mass is 406 g/mol. The van der Waals surface area contributed by atoms with Crippen molar-refractivity contribution in [1.29, 1.82) is 5.26 Å². The van der Waals surface area contributed by atoms with Crippen LogP contribution in [0.5, 0.6) is 11.5 Å². The lowest BCUT2D eigenvalue weighted by Crippen LogP contribution is -2.25. The van der Waals surface area contributed by atoms with Crippen LogP contribution in [0.2, 0.25) is 0 Å².